The molecule has 0 unspecified atom stereocenters. The summed E-state index contributed by atoms with van der Waals surface area (Å²) in [5.74, 6) is 0.538. The number of aromatic nitrogens is 2. The van der Waals surface area contributed by atoms with Crippen molar-refractivity contribution in [1.82, 2.24) is 25.7 Å². The highest BCUT2D eigenvalue weighted by Crippen LogP contribution is 2.14. The van der Waals surface area contributed by atoms with E-state index < -0.39 is 0 Å². The van der Waals surface area contributed by atoms with Crippen LogP contribution in [0.4, 0.5) is 0 Å². The Morgan fingerprint density at radius 2 is 1.78 bits per heavy atom. The minimum atomic E-state index is -0.187. The van der Waals surface area contributed by atoms with Crippen LogP contribution in [0.2, 0.25) is 5.02 Å². The monoisotopic (exact) mass is 566 g/mol. The van der Waals surface area contributed by atoms with Crippen LogP contribution in [-0.2, 0) is 6.42 Å². The number of nitrogens with zero attached hydrogens (tertiary/aromatic N) is 3. The lowest BCUT2D eigenvalue weighted by Crippen LogP contribution is -2.41. The highest BCUT2D eigenvalue weighted by atomic mass is 127. The van der Waals surface area contributed by atoms with Crippen LogP contribution in [0.3, 0.4) is 0 Å². The van der Waals surface area contributed by atoms with Crippen molar-refractivity contribution in [3.63, 3.8) is 0 Å². The predicted molar refractivity (Wildman–Crippen MR) is 140 cm³/mol. The normalized spacial score (nSPS) is 10.9. The average molecular weight is 567 g/mol. The van der Waals surface area contributed by atoms with E-state index in [9.17, 15) is 4.79 Å². The summed E-state index contributed by atoms with van der Waals surface area (Å²) in [7, 11) is 0. The first kappa shape index (κ1) is 25.7. The Labute approximate surface area is 210 Å². The van der Waals surface area contributed by atoms with Crippen molar-refractivity contribution in [3.05, 3.63) is 83.1 Å². The van der Waals surface area contributed by atoms with E-state index in [-0.39, 0.29) is 29.9 Å². The Morgan fingerprint density at radius 1 is 1.03 bits per heavy atom. The van der Waals surface area contributed by atoms with Gasteiger partial charge in [-0.2, -0.15) is 5.10 Å². The van der Waals surface area contributed by atoms with E-state index in [2.05, 4.69) is 50.3 Å². The highest BCUT2D eigenvalue weighted by molar-refractivity contribution is 14.0. The fourth-order valence-corrected chi connectivity index (χ4v) is 3.19. The van der Waals surface area contributed by atoms with Crippen LogP contribution in [0.5, 0.6) is 0 Å². The van der Waals surface area contributed by atoms with E-state index in [0.29, 0.717) is 30.2 Å². The molecule has 0 atom stereocenters. The van der Waals surface area contributed by atoms with E-state index in [1.165, 1.54) is 5.56 Å². The third-order valence-corrected chi connectivity index (χ3v) is 4.87. The van der Waals surface area contributed by atoms with Crippen LogP contribution < -0.4 is 16.0 Å². The predicted octanol–water partition coefficient (Wildman–Crippen LogP) is 3.67. The molecule has 170 valence electrons. The molecule has 1 aromatic heterocycles. The molecule has 0 aliphatic heterocycles. The average Bonchev–Trinajstić information content (AvgIpc) is 3.32. The molecule has 7 nitrogen and oxygen atoms in total. The number of carbonyl (C=O) groups excluding carboxylic acids is 1. The lowest BCUT2D eigenvalue weighted by atomic mass is 10.1. The lowest BCUT2D eigenvalue weighted by molar-refractivity contribution is 0.0954. The zero-order valence-electron chi connectivity index (χ0n) is 17.9. The number of hydrogen-bond acceptors (Lipinski definition) is 3. The van der Waals surface area contributed by atoms with Crippen LogP contribution >= 0.6 is 35.6 Å². The third-order valence-electron chi connectivity index (χ3n) is 4.54. The molecule has 0 spiro atoms. The quantitative estimate of drug-likeness (QED) is 0.160. The summed E-state index contributed by atoms with van der Waals surface area (Å²) in [5.41, 5.74) is 2.72. The van der Waals surface area contributed by atoms with Gasteiger partial charge in [0.25, 0.3) is 5.91 Å². The van der Waals surface area contributed by atoms with Crippen molar-refractivity contribution in [2.24, 2.45) is 4.99 Å². The van der Waals surface area contributed by atoms with Gasteiger partial charge in [-0.3, -0.25) is 9.79 Å². The van der Waals surface area contributed by atoms with Gasteiger partial charge in [-0.05, 0) is 49.2 Å². The maximum atomic E-state index is 12.2. The zero-order chi connectivity index (χ0) is 21.9. The molecule has 1 amide bonds. The van der Waals surface area contributed by atoms with Crippen LogP contribution in [-0.4, -0.2) is 47.8 Å². The molecule has 0 saturated heterocycles. The van der Waals surface area contributed by atoms with Crippen molar-refractivity contribution < 1.29 is 4.79 Å². The summed E-state index contributed by atoms with van der Waals surface area (Å²) in [5, 5.41) is 14.0. The van der Waals surface area contributed by atoms with Gasteiger partial charge in [0.2, 0.25) is 0 Å². The second-order valence-electron chi connectivity index (χ2n) is 6.79. The molecule has 9 heteroatoms. The fraction of sp³-hybridized carbons (Fsp3) is 0.261. The van der Waals surface area contributed by atoms with Crippen molar-refractivity contribution in [2.75, 3.05) is 26.2 Å². The number of amides is 1. The lowest BCUT2D eigenvalue weighted by Gasteiger charge is -2.12. The largest absolute Gasteiger partial charge is 0.357 e. The van der Waals surface area contributed by atoms with Gasteiger partial charge >= 0.3 is 0 Å². The first-order valence-electron chi connectivity index (χ1n) is 10.3. The molecule has 0 fully saturated rings. The Balaban J connectivity index is 0.00000363. The zero-order valence-corrected chi connectivity index (χ0v) is 21.0. The van der Waals surface area contributed by atoms with Gasteiger partial charge in [-0.1, -0.05) is 35.9 Å². The first-order chi connectivity index (χ1) is 15.2. The summed E-state index contributed by atoms with van der Waals surface area (Å²) in [6.45, 7) is 4.45. The minimum Gasteiger partial charge on any atom is -0.357 e. The summed E-state index contributed by atoms with van der Waals surface area (Å²) < 4.78 is 1.83. The van der Waals surface area contributed by atoms with E-state index in [0.717, 1.165) is 24.6 Å². The van der Waals surface area contributed by atoms with Crippen LogP contribution in [0.15, 0.2) is 72.0 Å². The molecular formula is C23H28ClIN6O. The molecule has 0 aliphatic carbocycles. The SMILES string of the molecule is CCNC(=NCCc1ccc(-n2cccn2)cc1)NCCNC(=O)c1ccccc1Cl.I. The van der Waals surface area contributed by atoms with Gasteiger partial charge in [0.15, 0.2) is 5.96 Å². The number of carbonyl (C=O) groups is 1. The van der Waals surface area contributed by atoms with Crippen LogP contribution in [0, 0.1) is 0 Å². The van der Waals surface area contributed by atoms with E-state index in [1.54, 1.807) is 30.5 Å². The Hall–Kier alpha value is -2.59. The molecular weight excluding hydrogens is 539 g/mol. The number of rotatable bonds is 9. The number of halogens is 2. The maximum absolute atomic E-state index is 12.2. The van der Waals surface area contributed by atoms with Crippen LogP contribution in [0.25, 0.3) is 5.69 Å². The Morgan fingerprint density at radius 3 is 2.47 bits per heavy atom. The van der Waals surface area contributed by atoms with Gasteiger partial charge in [-0.15, -0.1) is 24.0 Å². The van der Waals surface area contributed by atoms with Crippen molar-refractivity contribution in [3.8, 4) is 5.69 Å². The summed E-state index contributed by atoms with van der Waals surface area (Å²) in [4.78, 5) is 16.8. The number of hydrogen-bond donors (Lipinski definition) is 3. The standard InChI is InChI=1S/C23H27ClN6O.HI/c1-2-25-23(28-16-15-26-22(31)20-6-3-4-7-21(20)24)27-14-12-18-8-10-19(11-9-18)30-17-5-13-29-30;/h3-11,13,17H,2,12,14-16H2,1H3,(H,26,31)(H2,25,27,28);1H. The topological polar surface area (TPSA) is 83.3 Å². The molecule has 0 aliphatic rings. The van der Waals surface area contributed by atoms with E-state index in [1.807, 2.05) is 23.9 Å². The second-order valence-corrected chi connectivity index (χ2v) is 7.20. The molecule has 2 aromatic carbocycles. The Kier molecular flexibility index (Phi) is 11.0. The molecule has 3 aromatic rings. The summed E-state index contributed by atoms with van der Waals surface area (Å²) in [6, 6.07) is 17.2. The van der Waals surface area contributed by atoms with Gasteiger partial charge in [0, 0.05) is 38.6 Å². The second kappa shape index (κ2) is 13.7. The molecule has 0 saturated carbocycles. The molecule has 1 heterocycles. The molecule has 3 rings (SSSR count). The number of benzene rings is 2. The maximum Gasteiger partial charge on any atom is 0.252 e. The van der Waals surface area contributed by atoms with Crippen molar-refractivity contribution in [1.29, 1.82) is 0 Å². The first-order valence-corrected chi connectivity index (χ1v) is 10.7. The fourth-order valence-electron chi connectivity index (χ4n) is 2.97. The molecule has 32 heavy (non-hydrogen) atoms. The molecule has 3 N–H and O–H groups in total. The van der Waals surface area contributed by atoms with Gasteiger partial charge in [-0.25, -0.2) is 4.68 Å². The number of aliphatic imine (C=N–C) groups is 1. The number of guanidine groups is 1. The van der Waals surface area contributed by atoms with Gasteiger partial charge < -0.3 is 16.0 Å². The van der Waals surface area contributed by atoms with Gasteiger partial charge in [0.05, 0.1) is 16.3 Å². The van der Waals surface area contributed by atoms with E-state index in [4.69, 9.17) is 11.6 Å². The molecule has 0 radical (unpaired) electrons. The van der Waals surface area contributed by atoms with E-state index >= 15 is 0 Å². The summed E-state index contributed by atoms with van der Waals surface area (Å²) in [6.07, 6.45) is 4.52. The minimum absolute atomic E-state index is 0. The third kappa shape index (κ3) is 7.83. The van der Waals surface area contributed by atoms with Gasteiger partial charge in [0.1, 0.15) is 0 Å². The number of nitrogens with one attached hydrogen (secondary N) is 3. The highest BCUT2D eigenvalue weighted by Gasteiger charge is 2.08. The van der Waals surface area contributed by atoms with Crippen molar-refractivity contribution in [2.45, 2.75) is 13.3 Å². The Bertz CT molecular complexity index is 992. The van der Waals surface area contributed by atoms with Crippen LogP contribution in [0.1, 0.15) is 22.8 Å². The molecule has 0 bridgehead atoms. The summed E-state index contributed by atoms with van der Waals surface area (Å²) >= 11 is 6.06. The van der Waals surface area contributed by atoms with Crippen molar-refractivity contribution >= 4 is 47.4 Å². The smallest absolute Gasteiger partial charge is 0.252 e.